The van der Waals surface area contributed by atoms with E-state index < -0.39 is 49.8 Å². The van der Waals surface area contributed by atoms with Gasteiger partial charge in [0.2, 0.25) is 18.2 Å². The monoisotopic (exact) mass is 444 g/mol. The summed E-state index contributed by atoms with van der Waals surface area (Å²) in [6.45, 7) is 5.46. The highest BCUT2D eigenvalue weighted by Crippen LogP contribution is 2.58. The van der Waals surface area contributed by atoms with Crippen molar-refractivity contribution in [3.63, 3.8) is 0 Å². The molecule has 0 spiro atoms. The largest absolute Gasteiger partial charge is 0.455 e. The molecular weight excluding hydrogens is 419 g/mol. The summed E-state index contributed by atoms with van der Waals surface area (Å²) < 4.78 is 45.3. The van der Waals surface area contributed by atoms with E-state index in [-0.39, 0.29) is 18.8 Å². The average molecular weight is 444 g/mol. The van der Waals surface area contributed by atoms with Gasteiger partial charge in [-0.1, -0.05) is 18.2 Å². The zero-order valence-electron chi connectivity index (χ0n) is 17.1. The second-order valence-electron chi connectivity index (χ2n) is 6.19. The van der Waals surface area contributed by atoms with Crippen molar-refractivity contribution < 1.29 is 46.9 Å². The molecule has 1 unspecified atom stereocenters. The molecule has 10 nitrogen and oxygen atoms in total. The number of hydrogen-bond donors (Lipinski definition) is 0. The van der Waals surface area contributed by atoms with Crippen LogP contribution in [-0.4, -0.2) is 55.5 Å². The maximum absolute atomic E-state index is 13.3. The fourth-order valence-electron chi connectivity index (χ4n) is 2.87. The van der Waals surface area contributed by atoms with Crippen LogP contribution < -0.4 is 0 Å². The van der Waals surface area contributed by atoms with Crippen LogP contribution in [0.5, 0.6) is 0 Å². The standard InChI is InChI=1S/C19H25O10P/c1-5-24-30(23,25-6-2)19-16(26-12(3)20)15(18(29-19)27-13(4)21)28-17(22)14-10-8-7-9-11-14/h7-11,15-16,18-19H,5-6H2,1-4H3/t15-,16+,18?,19-/m1/s1. The van der Waals surface area contributed by atoms with Crippen LogP contribution in [0.2, 0.25) is 0 Å². The van der Waals surface area contributed by atoms with E-state index in [9.17, 15) is 18.9 Å². The molecule has 0 amide bonds. The van der Waals surface area contributed by atoms with E-state index in [4.69, 9.17) is 28.0 Å². The zero-order valence-corrected chi connectivity index (χ0v) is 18.0. The SMILES string of the molecule is CCOP(=O)(OCC)[C@H]1OC(OC(C)=O)[C@H](OC(=O)c2ccccc2)[C@@H]1OC(C)=O. The van der Waals surface area contributed by atoms with Gasteiger partial charge < -0.3 is 28.0 Å². The van der Waals surface area contributed by atoms with Crippen LogP contribution in [0, 0.1) is 0 Å². The van der Waals surface area contributed by atoms with Crippen LogP contribution in [0.1, 0.15) is 38.1 Å². The molecule has 30 heavy (non-hydrogen) atoms. The number of hydrogen-bond acceptors (Lipinski definition) is 10. The Kier molecular flexibility index (Phi) is 8.54. The predicted molar refractivity (Wildman–Crippen MR) is 102 cm³/mol. The maximum Gasteiger partial charge on any atom is 0.363 e. The van der Waals surface area contributed by atoms with Gasteiger partial charge in [0.15, 0.2) is 6.10 Å². The smallest absolute Gasteiger partial charge is 0.363 e. The van der Waals surface area contributed by atoms with Gasteiger partial charge >= 0.3 is 25.5 Å². The lowest BCUT2D eigenvalue weighted by Crippen LogP contribution is -2.41. The van der Waals surface area contributed by atoms with Crippen molar-refractivity contribution in [2.45, 2.75) is 52.0 Å². The summed E-state index contributed by atoms with van der Waals surface area (Å²) in [5.41, 5.74) is 0.210. The second-order valence-corrected chi connectivity index (χ2v) is 8.29. The minimum absolute atomic E-state index is 0.0105. The van der Waals surface area contributed by atoms with Crippen LogP contribution in [0.4, 0.5) is 0 Å². The van der Waals surface area contributed by atoms with Gasteiger partial charge in [-0.2, -0.15) is 0 Å². The highest BCUT2D eigenvalue weighted by atomic mass is 31.2. The van der Waals surface area contributed by atoms with Crippen LogP contribution in [0.15, 0.2) is 30.3 Å². The van der Waals surface area contributed by atoms with Gasteiger partial charge in [0.25, 0.3) is 0 Å². The summed E-state index contributed by atoms with van der Waals surface area (Å²) in [4.78, 5) is 35.9. The first-order valence-corrected chi connectivity index (χ1v) is 11.0. The summed E-state index contributed by atoms with van der Waals surface area (Å²) in [7, 11) is -3.99. The first-order valence-electron chi connectivity index (χ1n) is 9.36. The van der Waals surface area contributed by atoms with Gasteiger partial charge in [0, 0.05) is 13.8 Å². The second kappa shape index (κ2) is 10.7. The molecule has 0 N–H and O–H groups in total. The fraction of sp³-hybridized carbons (Fsp3) is 0.526. The highest BCUT2D eigenvalue weighted by Gasteiger charge is 2.59. The molecular formula is C19H25O10P. The van der Waals surface area contributed by atoms with Crippen molar-refractivity contribution in [2.24, 2.45) is 0 Å². The molecule has 0 aliphatic carbocycles. The molecule has 2 rings (SSSR count). The molecule has 11 heteroatoms. The molecule has 4 atom stereocenters. The Balaban J connectivity index is 2.42. The lowest BCUT2D eigenvalue weighted by molar-refractivity contribution is -0.183. The van der Waals surface area contributed by atoms with Crippen LogP contribution >= 0.6 is 7.60 Å². The van der Waals surface area contributed by atoms with Gasteiger partial charge in [0.05, 0.1) is 18.8 Å². The minimum atomic E-state index is -3.99. The fourth-order valence-corrected chi connectivity index (χ4v) is 4.82. The summed E-state index contributed by atoms with van der Waals surface area (Å²) in [5, 5.41) is 0. The Morgan fingerprint density at radius 3 is 1.97 bits per heavy atom. The highest BCUT2D eigenvalue weighted by molar-refractivity contribution is 7.54. The first kappa shape index (κ1) is 24.0. The zero-order chi connectivity index (χ0) is 22.3. The number of ether oxygens (including phenoxy) is 4. The number of rotatable bonds is 9. The van der Waals surface area contributed by atoms with Crippen molar-refractivity contribution in [1.82, 2.24) is 0 Å². The van der Waals surface area contributed by atoms with Crippen molar-refractivity contribution in [2.75, 3.05) is 13.2 Å². The average Bonchev–Trinajstić information content (AvgIpc) is 2.99. The van der Waals surface area contributed by atoms with E-state index in [2.05, 4.69) is 0 Å². The van der Waals surface area contributed by atoms with E-state index in [0.29, 0.717) is 0 Å². The van der Waals surface area contributed by atoms with Gasteiger partial charge in [-0.3, -0.25) is 14.2 Å². The molecule has 1 saturated heterocycles. The Morgan fingerprint density at radius 2 is 1.47 bits per heavy atom. The molecule has 1 heterocycles. The molecule has 0 aromatic heterocycles. The van der Waals surface area contributed by atoms with Crippen molar-refractivity contribution >= 4 is 25.5 Å². The third-order valence-corrected chi connectivity index (χ3v) is 6.19. The number of carbonyl (C=O) groups excluding carboxylic acids is 3. The number of carbonyl (C=O) groups is 3. The lowest BCUT2D eigenvalue weighted by Gasteiger charge is -2.27. The Labute approximate surface area is 174 Å². The summed E-state index contributed by atoms with van der Waals surface area (Å²) in [6, 6.07) is 8.02. The number of benzene rings is 1. The summed E-state index contributed by atoms with van der Waals surface area (Å²) in [6.07, 6.45) is -4.29. The Hall–Kier alpha value is -2.26. The van der Waals surface area contributed by atoms with E-state index >= 15 is 0 Å². The van der Waals surface area contributed by atoms with Crippen molar-refractivity contribution in [3.05, 3.63) is 35.9 Å². The van der Waals surface area contributed by atoms with E-state index in [1.807, 2.05) is 0 Å². The third-order valence-electron chi connectivity index (χ3n) is 3.91. The quantitative estimate of drug-likeness (QED) is 0.319. The van der Waals surface area contributed by atoms with Crippen LogP contribution in [-0.2, 0) is 42.1 Å². The van der Waals surface area contributed by atoms with Gasteiger partial charge in [-0.25, -0.2) is 4.79 Å². The topological polar surface area (TPSA) is 124 Å². The molecule has 1 aromatic rings. The van der Waals surface area contributed by atoms with E-state index in [0.717, 1.165) is 13.8 Å². The molecule has 166 valence electrons. The molecule has 0 bridgehead atoms. The maximum atomic E-state index is 13.3. The lowest BCUT2D eigenvalue weighted by atomic mass is 10.2. The molecule has 1 aliphatic rings. The van der Waals surface area contributed by atoms with E-state index in [1.54, 1.807) is 32.0 Å². The summed E-state index contributed by atoms with van der Waals surface area (Å²) in [5.74, 6) is -3.75. The molecule has 0 saturated carbocycles. The first-order chi connectivity index (χ1) is 14.2. The van der Waals surface area contributed by atoms with Crippen molar-refractivity contribution in [3.8, 4) is 0 Å². The van der Waals surface area contributed by atoms with Gasteiger partial charge in [-0.15, -0.1) is 0 Å². The normalized spacial score (nSPS) is 23.6. The van der Waals surface area contributed by atoms with Crippen molar-refractivity contribution in [1.29, 1.82) is 0 Å². The Morgan fingerprint density at radius 1 is 0.900 bits per heavy atom. The molecule has 1 aromatic carbocycles. The van der Waals surface area contributed by atoms with Crippen LogP contribution in [0.3, 0.4) is 0 Å². The molecule has 1 aliphatic heterocycles. The van der Waals surface area contributed by atoms with Gasteiger partial charge in [0.1, 0.15) is 0 Å². The predicted octanol–water partition coefficient (Wildman–Crippen LogP) is 2.66. The molecule has 0 radical (unpaired) electrons. The van der Waals surface area contributed by atoms with Gasteiger partial charge in [-0.05, 0) is 26.0 Å². The van der Waals surface area contributed by atoms with E-state index in [1.165, 1.54) is 12.1 Å². The molecule has 1 fully saturated rings. The Bertz CT molecular complexity index is 786. The third kappa shape index (κ3) is 5.89. The van der Waals surface area contributed by atoms with Crippen LogP contribution in [0.25, 0.3) is 0 Å². The minimum Gasteiger partial charge on any atom is -0.455 e. The number of esters is 3. The summed E-state index contributed by atoms with van der Waals surface area (Å²) >= 11 is 0.